The van der Waals surface area contributed by atoms with E-state index in [1.807, 2.05) is 0 Å². The zero-order valence-electron chi connectivity index (χ0n) is 20.5. The smallest absolute Gasteiger partial charge is 0.394 e. The number of aliphatic hydroxyl groups is 2. The average Bonchev–Trinajstić information content (AvgIpc) is 2.82. The number of aliphatic hydroxyl groups excluding tert-OH is 2. The molecule has 0 fully saturated rings. The highest BCUT2D eigenvalue weighted by atomic mass is 31.2. The molecule has 1 amide bonds. The molecule has 2 unspecified atom stereocenters. The lowest BCUT2D eigenvalue weighted by atomic mass is 10.2. The Morgan fingerprint density at radius 1 is 0.912 bits per heavy atom. The summed E-state index contributed by atoms with van der Waals surface area (Å²) in [4.78, 5) is 21.1. The van der Waals surface area contributed by atoms with Crippen LogP contribution in [0.25, 0.3) is 0 Å². The lowest BCUT2D eigenvalue weighted by Crippen LogP contribution is -2.27. The van der Waals surface area contributed by atoms with Gasteiger partial charge in [0.25, 0.3) is 0 Å². The van der Waals surface area contributed by atoms with Gasteiger partial charge in [-0.15, -0.1) is 0 Å². The van der Waals surface area contributed by atoms with Gasteiger partial charge in [0.2, 0.25) is 5.91 Å². The van der Waals surface area contributed by atoms with E-state index in [2.05, 4.69) is 69.9 Å². The third-order valence-electron chi connectivity index (χ3n) is 4.55. The van der Waals surface area contributed by atoms with E-state index in [1.54, 1.807) is 0 Å². The highest BCUT2D eigenvalue weighted by molar-refractivity contribution is 7.47. The molecule has 9 heteroatoms. The summed E-state index contributed by atoms with van der Waals surface area (Å²) in [7, 11) is -4.32. The molecule has 0 rings (SSSR count). The van der Waals surface area contributed by atoms with Crippen molar-refractivity contribution >= 4 is 13.7 Å². The molecular formula is C25H44NO7P. The Morgan fingerprint density at radius 3 is 2.03 bits per heavy atom. The predicted octanol–water partition coefficient (Wildman–Crippen LogP) is 4.74. The number of carbonyl (C=O) groups is 1. The predicted molar refractivity (Wildman–Crippen MR) is 136 cm³/mol. The van der Waals surface area contributed by atoms with Crippen LogP contribution in [-0.2, 0) is 18.4 Å². The normalized spacial score (nSPS) is 15.1. The number of nitrogens with one attached hydrogen (secondary N) is 1. The molecule has 196 valence electrons. The van der Waals surface area contributed by atoms with Gasteiger partial charge in [-0.1, -0.05) is 68.4 Å². The van der Waals surface area contributed by atoms with Crippen molar-refractivity contribution < 1.29 is 33.5 Å². The van der Waals surface area contributed by atoms with E-state index >= 15 is 0 Å². The van der Waals surface area contributed by atoms with Crippen LogP contribution in [0, 0.1) is 0 Å². The van der Waals surface area contributed by atoms with Crippen molar-refractivity contribution in [2.45, 2.75) is 77.2 Å². The van der Waals surface area contributed by atoms with Gasteiger partial charge in [-0.2, -0.15) is 0 Å². The van der Waals surface area contributed by atoms with Crippen LogP contribution < -0.4 is 5.32 Å². The second-order valence-electron chi connectivity index (χ2n) is 7.76. The molecule has 4 N–H and O–H groups in total. The molecule has 0 aliphatic carbocycles. The third-order valence-corrected chi connectivity index (χ3v) is 5.54. The lowest BCUT2D eigenvalue weighted by Gasteiger charge is -2.14. The van der Waals surface area contributed by atoms with Gasteiger partial charge in [-0.3, -0.25) is 13.8 Å². The molecule has 0 aliphatic rings. The monoisotopic (exact) mass is 501 g/mol. The molecule has 8 nitrogen and oxygen atoms in total. The Kier molecular flexibility index (Phi) is 22.2. The van der Waals surface area contributed by atoms with Gasteiger partial charge in [0, 0.05) is 13.0 Å². The highest BCUT2D eigenvalue weighted by Crippen LogP contribution is 2.42. The molecule has 0 saturated heterocycles. The molecule has 0 heterocycles. The number of phosphoric ester groups is 1. The molecular weight excluding hydrogens is 457 g/mol. The van der Waals surface area contributed by atoms with E-state index < -0.39 is 27.1 Å². The van der Waals surface area contributed by atoms with Crippen molar-refractivity contribution in [2.75, 3.05) is 26.4 Å². The number of amides is 1. The van der Waals surface area contributed by atoms with Crippen LogP contribution in [0.4, 0.5) is 0 Å². The summed E-state index contributed by atoms with van der Waals surface area (Å²) >= 11 is 0. The molecule has 0 saturated carbocycles. The van der Waals surface area contributed by atoms with Gasteiger partial charge in [0.15, 0.2) is 0 Å². The number of allylic oxidation sites excluding steroid dienone is 8. The number of rotatable bonds is 22. The first-order valence-corrected chi connectivity index (χ1v) is 13.7. The number of hydrogen-bond donors (Lipinski definition) is 4. The Bertz CT molecular complexity index is 662. The number of hydrogen-bond acceptors (Lipinski definition) is 6. The molecule has 0 aromatic carbocycles. The van der Waals surface area contributed by atoms with E-state index in [4.69, 9.17) is 10.2 Å². The van der Waals surface area contributed by atoms with Crippen LogP contribution in [0.5, 0.6) is 0 Å². The first kappa shape index (κ1) is 32.5. The van der Waals surface area contributed by atoms with E-state index in [9.17, 15) is 14.3 Å². The van der Waals surface area contributed by atoms with Crippen LogP contribution in [0.1, 0.15) is 71.1 Å². The van der Waals surface area contributed by atoms with E-state index in [0.717, 1.165) is 25.7 Å². The van der Waals surface area contributed by atoms with Crippen LogP contribution in [0.3, 0.4) is 0 Å². The summed E-state index contributed by atoms with van der Waals surface area (Å²) in [5.41, 5.74) is 0. The number of phosphoric acid groups is 1. The second-order valence-corrected chi connectivity index (χ2v) is 9.22. The second kappa shape index (κ2) is 23.2. The maximum Gasteiger partial charge on any atom is 0.472 e. The first-order valence-electron chi connectivity index (χ1n) is 12.2. The number of unbranched alkanes of at least 4 members (excludes halogenated alkanes) is 4. The summed E-state index contributed by atoms with van der Waals surface area (Å²) in [6, 6.07) is 0. The van der Waals surface area contributed by atoms with E-state index in [1.165, 1.54) is 25.7 Å². The molecule has 0 radical (unpaired) electrons. The van der Waals surface area contributed by atoms with Crippen molar-refractivity contribution in [1.29, 1.82) is 0 Å². The van der Waals surface area contributed by atoms with Crippen LogP contribution in [-0.4, -0.2) is 53.5 Å². The topological polar surface area (TPSA) is 125 Å². The zero-order valence-corrected chi connectivity index (χ0v) is 21.4. The Morgan fingerprint density at radius 2 is 1.47 bits per heavy atom. The standard InChI is InChI=1S/C25H44NO7P/c1-2-3-4-5-6-7-8-9-10-11-12-13-14-15-16-17-18-19-25(29)26-20-21-32-34(30,31)33-23-24(28)22-27/h6-7,9-10,12-13,15-16,24,27-28H,2-5,8,11,14,17-23H2,1H3,(H,26,29)(H,30,31). The Labute approximate surface area is 205 Å². The van der Waals surface area contributed by atoms with Gasteiger partial charge in [-0.25, -0.2) is 4.57 Å². The maximum atomic E-state index is 11.7. The van der Waals surface area contributed by atoms with Gasteiger partial charge in [0.05, 0.1) is 19.8 Å². The van der Waals surface area contributed by atoms with Crippen molar-refractivity contribution in [3.63, 3.8) is 0 Å². The molecule has 34 heavy (non-hydrogen) atoms. The highest BCUT2D eigenvalue weighted by Gasteiger charge is 2.22. The van der Waals surface area contributed by atoms with Gasteiger partial charge >= 0.3 is 7.82 Å². The van der Waals surface area contributed by atoms with Gasteiger partial charge in [0.1, 0.15) is 6.10 Å². The molecule has 2 atom stereocenters. The lowest BCUT2D eigenvalue weighted by molar-refractivity contribution is -0.121. The van der Waals surface area contributed by atoms with Crippen molar-refractivity contribution in [3.8, 4) is 0 Å². The molecule has 0 aromatic rings. The van der Waals surface area contributed by atoms with Crippen molar-refractivity contribution in [1.82, 2.24) is 5.32 Å². The van der Waals surface area contributed by atoms with Crippen molar-refractivity contribution in [3.05, 3.63) is 48.6 Å². The largest absolute Gasteiger partial charge is 0.472 e. The summed E-state index contributed by atoms with van der Waals surface area (Å²) in [6.07, 6.45) is 25.7. The minimum atomic E-state index is -4.32. The van der Waals surface area contributed by atoms with Gasteiger partial charge < -0.3 is 20.4 Å². The summed E-state index contributed by atoms with van der Waals surface area (Å²) in [5.74, 6) is -0.163. The zero-order chi connectivity index (χ0) is 25.3. The molecule has 0 spiro atoms. The quantitative estimate of drug-likeness (QED) is 0.0959. The van der Waals surface area contributed by atoms with E-state index in [-0.39, 0.29) is 19.1 Å². The third kappa shape index (κ3) is 23.6. The minimum absolute atomic E-state index is 0.0691. The summed E-state index contributed by atoms with van der Waals surface area (Å²) in [5, 5.41) is 20.3. The molecule has 0 aliphatic heterocycles. The van der Waals surface area contributed by atoms with Gasteiger partial charge in [-0.05, 0) is 44.9 Å². The van der Waals surface area contributed by atoms with Crippen LogP contribution in [0.2, 0.25) is 0 Å². The molecule has 0 bridgehead atoms. The Hall–Kier alpha value is -1.54. The van der Waals surface area contributed by atoms with E-state index in [0.29, 0.717) is 12.8 Å². The summed E-state index contributed by atoms with van der Waals surface area (Å²) in [6.45, 7) is 0.979. The number of carbonyl (C=O) groups excluding carboxylic acids is 1. The SMILES string of the molecule is CCCCCC=CCC=CCC=CCC=CCCCC(=O)NCCOP(=O)(O)OCC(O)CO. The fourth-order valence-electron chi connectivity index (χ4n) is 2.65. The fourth-order valence-corrected chi connectivity index (χ4v) is 3.41. The van der Waals surface area contributed by atoms with Crippen molar-refractivity contribution in [2.24, 2.45) is 0 Å². The maximum absolute atomic E-state index is 11.7. The fraction of sp³-hybridized carbons (Fsp3) is 0.640. The average molecular weight is 502 g/mol. The Balaban J connectivity index is 3.63. The van der Waals surface area contributed by atoms with Crippen LogP contribution in [0.15, 0.2) is 48.6 Å². The van der Waals surface area contributed by atoms with Crippen LogP contribution >= 0.6 is 7.82 Å². The first-order chi connectivity index (χ1) is 16.4. The summed E-state index contributed by atoms with van der Waals surface area (Å²) < 4.78 is 20.7. The molecule has 0 aromatic heterocycles. The minimum Gasteiger partial charge on any atom is -0.394 e.